The normalized spacial score (nSPS) is 16.6. The average molecular weight is 413 g/mol. The first-order valence-electron chi connectivity index (χ1n) is 9.33. The molecule has 4 rings (SSSR count). The van der Waals surface area contributed by atoms with Crippen molar-refractivity contribution in [3.05, 3.63) is 60.8 Å². The van der Waals surface area contributed by atoms with Crippen molar-refractivity contribution in [1.29, 1.82) is 0 Å². The number of hydrogen-bond acceptors (Lipinski definition) is 5. The summed E-state index contributed by atoms with van der Waals surface area (Å²) in [6, 6.07) is 8.35. The Bertz CT molecular complexity index is 1100. The molecule has 0 saturated carbocycles. The van der Waals surface area contributed by atoms with E-state index in [9.17, 15) is 18.0 Å². The molecule has 3 heterocycles. The molecule has 2 aromatic heterocycles. The Morgan fingerprint density at radius 1 is 1.20 bits per heavy atom. The second-order valence-corrected chi connectivity index (χ2v) is 6.99. The number of likely N-dealkylation sites (tertiary alicyclic amines) is 1. The third kappa shape index (κ3) is 3.83. The number of amides is 1. The molecule has 3 aromatic rings. The minimum atomic E-state index is -4.40. The van der Waals surface area contributed by atoms with Crippen molar-refractivity contribution in [3.63, 3.8) is 0 Å². The van der Waals surface area contributed by atoms with E-state index in [1.807, 2.05) is 6.07 Å². The lowest BCUT2D eigenvalue weighted by Gasteiger charge is -2.17. The van der Waals surface area contributed by atoms with E-state index in [4.69, 9.17) is 0 Å². The summed E-state index contributed by atoms with van der Waals surface area (Å²) in [4.78, 5) is 17.9. The van der Waals surface area contributed by atoms with Crippen LogP contribution in [-0.4, -0.2) is 45.1 Å². The van der Waals surface area contributed by atoms with E-state index in [2.05, 4.69) is 27.1 Å². The van der Waals surface area contributed by atoms with Crippen LogP contribution in [0, 0.1) is 0 Å². The van der Waals surface area contributed by atoms with Crippen LogP contribution in [0.3, 0.4) is 0 Å². The summed E-state index contributed by atoms with van der Waals surface area (Å²) in [6.07, 6.45) is -0.758. The van der Waals surface area contributed by atoms with E-state index >= 15 is 0 Å². The zero-order chi connectivity index (χ0) is 21.3. The van der Waals surface area contributed by atoms with E-state index in [1.165, 1.54) is 18.2 Å². The molecule has 0 radical (unpaired) electrons. The molecule has 1 amide bonds. The molecule has 1 fully saturated rings. The van der Waals surface area contributed by atoms with E-state index in [0.29, 0.717) is 41.1 Å². The van der Waals surface area contributed by atoms with Gasteiger partial charge in [0.15, 0.2) is 5.82 Å². The second-order valence-electron chi connectivity index (χ2n) is 6.99. The lowest BCUT2D eigenvalue weighted by molar-refractivity contribution is -0.137. The highest BCUT2D eigenvalue weighted by molar-refractivity contribution is 5.97. The Kier molecular flexibility index (Phi) is 5.11. The van der Waals surface area contributed by atoms with Crippen molar-refractivity contribution in [2.75, 3.05) is 18.4 Å². The standard InChI is InChI=1S/C21H18F3N5O/c1-2-17(30)29-11-9-15(12-29)26-20-16-4-3-10-25-19(16)18(27-28-20)13-5-7-14(8-6-13)21(22,23)24/h2-8,10,15H,1,9,11-12H2,(H,26,28)/t15-/m0/s1. The first-order chi connectivity index (χ1) is 14.4. The monoisotopic (exact) mass is 413 g/mol. The zero-order valence-electron chi connectivity index (χ0n) is 15.9. The molecule has 0 aliphatic carbocycles. The van der Waals surface area contributed by atoms with E-state index in [0.717, 1.165) is 18.6 Å². The highest BCUT2D eigenvalue weighted by Crippen LogP contribution is 2.33. The molecule has 1 aliphatic heterocycles. The van der Waals surface area contributed by atoms with Gasteiger partial charge in [-0.2, -0.15) is 13.2 Å². The van der Waals surface area contributed by atoms with Gasteiger partial charge in [-0.05, 0) is 36.8 Å². The number of benzene rings is 1. The van der Waals surface area contributed by atoms with Crippen LogP contribution in [-0.2, 0) is 11.0 Å². The van der Waals surface area contributed by atoms with E-state index in [-0.39, 0.29) is 11.9 Å². The van der Waals surface area contributed by atoms with Crippen molar-refractivity contribution in [2.24, 2.45) is 0 Å². The number of nitrogens with zero attached hydrogens (tertiary/aromatic N) is 4. The number of carbonyl (C=O) groups is 1. The zero-order valence-corrected chi connectivity index (χ0v) is 15.9. The van der Waals surface area contributed by atoms with Gasteiger partial charge in [-0.15, -0.1) is 10.2 Å². The number of alkyl halides is 3. The summed E-state index contributed by atoms with van der Waals surface area (Å²) >= 11 is 0. The number of nitrogens with one attached hydrogen (secondary N) is 1. The fourth-order valence-electron chi connectivity index (χ4n) is 3.51. The summed E-state index contributed by atoms with van der Waals surface area (Å²) in [6.45, 7) is 4.65. The fourth-order valence-corrected chi connectivity index (χ4v) is 3.51. The van der Waals surface area contributed by atoms with Crippen molar-refractivity contribution in [3.8, 4) is 11.3 Å². The van der Waals surface area contributed by atoms with Crippen molar-refractivity contribution < 1.29 is 18.0 Å². The van der Waals surface area contributed by atoms with Gasteiger partial charge >= 0.3 is 6.18 Å². The Balaban J connectivity index is 1.64. The number of hydrogen-bond donors (Lipinski definition) is 1. The molecule has 1 N–H and O–H groups in total. The summed E-state index contributed by atoms with van der Waals surface area (Å²) in [5.41, 5.74) is 0.704. The molecule has 6 nitrogen and oxygen atoms in total. The van der Waals surface area contributed by atoms with Gasteiger partial charge in [0.2, 0.25) is 5.91 Å². The molecule has 1 saturated heterocycles. The first-order valence-corrected chi connectivity index (χ1v) is 9.33. The minimum absolute atomic E-state index is 0.00326. The quantitative estimate of drug-likeness (QED) is 0.657. The van der Waals surface area contributed by atoms with E-state index < -0.39 is 11.7 Å². The van der Waals surface area contributed by atoms with Crippen molar-refractivity contribution >= 4 is 22.6 Å². The van der Waals surface area contributed by atoms with Gasteiger partial charge in [-0.1, -0.05) is 18.7 Å². The average Bonchev–Trinajstić information content (AvgIpc) is 3.21. The molecule has 1 aliphatic rings. The lowest BCUT2D eigenvalue weighted by atomic mass is 10.1. The van der Waals surface area contributed by atoms with Crippen LogP contribution in [0.4, 0.5) is 19.0 Å². The topological polar surface area (TPSA) is 71.0 Å². The fraction of sp³-hybridized carbons (Fsp3) is 0.238. The molecule has 0 bridgehead atoms. The SMILES string of the molecule is C=CC(=O)N1CC[C@H](Nc2nnc(-c3ccc(C(F)(F)F)cc3)c3ncccc23)C1. The predicted octanol–water partition coefficient (Wildman–Crippen LogP) is 3.91. The highest BCUT2D eigenvalue weighted by Gasteiger charge is 2.30. The molecule has 0 spiro atoms. The number of fused-ring (bicyclic) bond motifs is 1. The summed E-state index contributed by atoms with van der Waals surface area (Å²) in [5, 5.41) is 12.5. The largest absolute Gasteiger partial charge is 0.416 e. The molecule has 1 atom stereocenters. The van der Waals surface area contributed by atoms with Crippen LogP contribution in [0.15, 0.2) is 55.3 Å². The molecule has 9 heteroatoms. The number of rotatable bonds is 4. The van der Waals surface area contributed by atoms with Crippen LogP contribution < -0.4 is 5.32 Å². The maximum Gasteiger partial charge on any atom is 0.416 e. The molecule has 0 unspecified atom stereocenters. The molecular formula is C21H18F3N5O. The minimum Gasteiger partial charge on any atom is -0.363 e. The predicted molar refractivity (Wildman–Crippen MR) is 107 cm³/mol. The molecule has 154 valence electrons. The number of carbonyl (C=O) groups excluding carboxylic acids is 1. The Labute approximate surface area is 170 Å². The first kappa shape index (κ1) is 19.8. The molecular weight excluding hydrogens is 395 g/mol. The van der Waals surface area contributed by atoms with Gasteiger partial charge in [0, 0.05) is 36.3 Å². The van der Waals surface area contributed by atoms with Gasteiger partial charge in [0.25, 0.3) is 0 Å². The number of anilines is 1. The summed E-state index contributed by atoms with van der Waals surface area (Å²) in [5.74, 6) is 0.404. The summed E-state index contributed by atoms with van der Waals surface area (Å²) < 4.78 is 38.5. The van der Waals surface area contributed by atoms with Crippen LogP contribution in [0.2, 0.25) is 0 Å². The van der Waals surface area contributed by atoms with Crippen molar-refractivity contribution in [2.45, 2.75) is 18.6 Å². The Hall–Kier alpha value is -3.49. The van der Waals surface area contributed by atoms with Crippen LogP contribution in [0.5, 0.6) is 0 Å². The van der Waals surface area contributed by atoms with Crippen molar-refractivity contribution in [1.82, 2.24) is 20.1 Å². The smallest absolute Gasteiger partial charge is 0.363 e. The third-order valence-electron chi connectivity index (χ3n) is 5.04. The third-order valence-corrected chi connectivity index (χ3v) is 5.04. The Morgan fingerprint density at radius 3 is 2.67 bits per heavy atom. The van der Waals surface area contributed by atoms with Crippen LogP contribution in [0.1, 0.15) is 12.0 Å². The maximum atomic E-state index is 12.8. The van der Waals surface area contributed by atoms with Gasteiger partial charge in [0.05, 0.1) is 5.56 Å². The van der Waals surface area contributed by atoms with Gasteiger partial charge < -0.3 is 10.2 Å². The van der Waals surface area contributed by atoms with E-state index in [1.54, 1.807) is 17.2 Å². The maximum absolute atomic E-state index is 12.8. The number of halogens is 3. The second kappa shape index (κ2) is 7.74. The van der Waals surface area contributed by atoms with Gasteiger partial charge in [0.1, 0.15) is 11.2 Å². The lowest BCUT2D eigenvalue weighted by Crippen LogP contribution is -2.30. The molecule has 30 heavy (non-hydrogen) atoms. The number of aromatic nitrogens is 3. The van der Waals surface area contributed by atoms with Crippen LogP contribution in [0.25, 0.3) is 22.2 Å². The number of pyridine rings is 1. The Morgan fingerprint density at radius 2 is 1.97 bits per heavy atom. The highest BCUT2D eigenvalue weighted by atomic mass is 19.4. The van der Waals surface area contributed by atoms with Gasteiger partial charge in [-0.3, -0.25) is 9.78 Å². The van der Waals surface area contributed by atoms with Gasteiger partial charge in [-0.25, -0.2) is 0 Å². The summed E-state index contributed by atoms with van der Waals surface area (Å²) in [7, 11) is 0. The molecule has 1 aromatic carbocycles. The van der Waals surface area contributed by atoms with Crippen LogP contribution >= 0.6 is 0 Å².